The van der Waals surface area contributed by atoms with Crippen molar-refractivity contribution in [3.05, 3.63) is 35.9 Å². The molecule has 1 aliphatic heterocycles. The number of halogens is 1. The smallest absolute Gasteiger partial charge is 0.0950 e. The van der Waals surface area contributed by atoms with Gasteiger partial charge >= 0.3 is 0 Å². The summed E-state index contributed by atoms with van der Waals surface area (Å²) < 4.78 is 5.71. The van der Waals surface area contributed by atoms with Crippen LogP contribution in [-0.4, -0.2) is 19.2 Å². The molecule has 1 aromatic carbocycles. The molecule has 0 saturated carbocycles. The molecule has 2 rings (SSSR count). The maximum atomic E-state index is 5.71. The molecule has 0 spiro atoms. The molecule has 0 aromatic heterocycles. The Labute approximate surface area is 91.1 Å². The van der Waals surface area contributed by atoms with E-state index in [1.807, 2.05) is 6.07 Å². The predicted molar refractivity (Wildman–Crippen MR) is 59.8 cm³/mol. The van der Waals surface area contributed by atoms with Crippen LogP contribution in [0.4, 0.5) is 0 Å². The van der Waals surface area contributed by atoms with Gasteiger partial charge in [-0.25, -0.2) is 0 Å². The number of hydrogen-bond acceptors (Lipinski definition) is 2. The van der Waals surface area contributed by atoms with Crippen LogP contribution in [0.15, 0.2) is 30.3 Å². The Morgan fingerprint density at radius 1 is 1.29 bits per heavy atom. The fraction of sp³-hybridized carbons (Fsp3) is 0.455. The third-order valence-electron chi connectivity index (χ3n) is 2.37. The molecule has 0 amide bonds. The van der Waals surface area contributed by atoms with Crippen LogP contribution < -0.4 is 5.32 Å². The summed E-state index contributed by atoms with van der Waals surface area (Å²) >= 11 is 0. The highest BCUT2D eigenvalue weighted by Crippen LogP contribution is 2.19. The number of rotatable bonds is 1. The second kappa shape index (κ2) is 5.35. The molecule has 14 heavy (non-hydrogen) atoms. The number of nitrogens with one attached hydrogen (secondary N) is 1. The van der Waals surface area contributed by atoms with Crippen molar-refractivity contribution in [1.29, 1.82) is 0 Å². The molecule has 78 valence electrons. The third-order valence-corrected chi connectivity index (χ3v) is 2.37. The number of morpholine rings is 1. The van der Waals surface area contributed by atoms with E-state index in [-0.39, 0.29) is 18.5 Å². The van der Waals surface area contributed by atoms with Crippen LogP contribution in [0.2, 0.25) is 0 Å². The van der Waals surface area contributed by atoms with E-state index < -0.39 is 0 Å². The summed E-state index contributed by atoms with van der Waals surface area (Å²) in [6.45, 7) is 3.87. The molecule has 0 bridgehead atoms. The molecule has 1 N–H and O–H groups in total. The third kappa shape index (κ3) is 2.71. The molecule has 3 heteroatoms. The van der Waals surface area contributed by atoms with E-state index in [9.17, 15) is 0 Å². The second-order valence-corrected chi connectivity index (χ2v) is 3.54. The summed E-state index contributed by atoms with van der Waals surface area (Å²) in [6, 6.07) is 10.8. The highest BCUT2D eigenvalue weighted by molar-refractivity contribution is 5.85. The molecule has 1 aromatic rings. The van der Waals surface area contributed by atoms with Crippen molar-refractivity contribution in [2.45, 2.75) is 19.1 Å². The van der Waals surface area contributed by atoms with Gasteiger partial charge in [0.1, 0.15) is 0 Å². The lowest BCUT2D eigenvalue weighted by Crippen LogP contribution is -2.40. The van der Waals surface area contributed by atoms with Crippen molar-refractivity contribution in [3.8, 4) is 0 Å². The zero-order valence-corrected chi connectivity index (χ0v) is 9.09. The molecular formula is C11H16ClNO. The summed E-state index contributed by atoms with van der Waals surface area (Å²) in [6.07, 6.45) is 0.234. The van der Waals surface area contributed by atoms with Crippen LogP contribution in [0.25, 0.3) is 0 Å². The average Bonchev–Trinajstić information content (AvgIpc) is 2.20. The molecule has 0 unspecified atom stereocenters. The van der Waals surface area contributed by atoms with Crippen LogP contribution in [0.3, 0.4) is 0 Å². The van der Waals surface area contributed by atoms with Crippen LogP contribution >= 0.6 is 12.4 Å². The lowest BCUT2D eigenvalue weighted by molar-refractivity contribution is 0.00695. The Hall–Kier alpha value is -0.570. The summed E-state index contributed by atoms with van der Waals surface area (Å²) in [7, 11) is 0. The lowest BCUT2D eigenvalue weighted by atomic mass is 10.1. The summed E-state index contributed by atoms with van der Waals surface area (Å²) in [5.41, 5.74) is 1.27. The summed E-state index contributed by atoms with van der Waals surface area (Å²) in [5.74, 6) is 0. The minimum atomic E-state index is 0. The Kier molecular flexibility index (Phi) is 4.39. The molecular weight excluding hydrogens is 198 g/mol. The van der Waals surface area contributed by atoms with E-state index in [1.165, 1.54) is 5.56 Å². The standard InChI is InChI=1S/C11H15NO.ClH/c1-9-8-13-11(7-12-9)10-5-3-2-4-6-10;/h2-6,9,11-12H,7-8H2,1H3;1H/t9-,11-;/m1./s1. The maximum absolute atomic E-state index is 5.71. The van der Waals surface area contributed by atoms with Crippen LogP contribution in [0.5, 0.6) is 0 Å². The molecule has 0 radical (unpaired) electrons. The monoisotopic (exact) mass is 213 g/mol. The molecule has 1 saturated heterocycles. The van der Waals surface area contributed by atoms with E-state index in [2.05, 4.69) is 36.5 Å². The van der Waals surface area contributed by atoms with Crippen molar-refractivity contribution in [1.82, 2.24) is 5.32 Å². The van der Waals surface area contributed by atoms with Crippen molar-refractivity contribution in [3.63, 3.8) is 0 Å². The highest BCUT2D eigenvalue weighted by atomic mass is 35.5. The largest absolute Gasteiger partial charge is 0.371 e. The zero-order valence-electron chi connectivity index (χ0n) is 8.27. The normalized spacial score (nSPS) is 26.6. The lowest BCUT2D eigenvalue weighted by Gasteiger charge is -2.28. The van der Waals surface area contributed by atoms with Gasteiger partial charge < -0.3 is 10.1 Å². The Morgan fingerprint density at radius 2 is 2.00 bits per heavy atom. The Balaban J connectivity index is 0.000000980. The molecule has 0 aliphatic carbocycles. The number of hydrogen-bond donors (Lipinski definition) is 1. The molecule has 2 nitrogen and oxygen atoms in total. The van der Waals surface area contributed by atoms with Gasteiger partial charge in [0.15, 0.2) is 0 Å². The molecule has 1 aliphatic rings. The first-order valence-corrected chi connectivity index (χ1v) is 4.76. The van der Waals surface area contributed by atoms with Crippen molar-refractivity contribution in [2.24, 2.45) is 0 Å². The minimum Gasteiger partial charge on any atom is -0.371 e. The summed E-state index contributed by atoms with van der Waals surface area (Å²) in [5, 5.41) is 3.41. The quantitative estimate of drug-likeness (QED) is 0.772. The Bertz CT molecular complexity index is 257. The first-order chi connectivity index (χ1) is 6.36. The van der Waals surface area contributed by atoms with Crippen molar-refractivity contribution >= 4 is 12.4 Å². The molecule has 2 atom stereocenters. The van der Waals surface area contributed by atoms with Gasteiger partial charge in [-0.05, 0) is 12.5 Å². The number of ether oxygens (including phenoxy) is 1. The van der Waals surface area contributed by atoms with Crippen LogP contribution in [0.1, 0.15) is 18.6 Å². The van der Waals surface area contributed by atoms with E-state index in [1.54, 1.807) is 0 Å². The molecule has 1 heterocycles. The van der Waals surface area contributed by atoms with Crippen molar-refractivity contribution in [2.75, 3.05) is 13.2 Å². The SMILES string of the molecule is C[C@@H]1CO[C@@H](c2ccccc2)CN1.Cl. The number of benzene rings is 1. The van der Waals surface area contributed by atoms with Gasteiger partial charge in [0.05, 0.1) is 12.7 Å². The van der Waals surface area contributed by atoms with Crippen LogP contribution in [0, 0.1) is 0 Å². The van der Waals surface area contributed by atoms with Gasteiger partial charge in [0.2, 0.25) is 0 Å². The van der Waals surface area contributed by atoms with Crippen LogP contribution in [-0.2, 0) is 4.74 Å². The van der Waals surface area contributed by atoms with Gasteiger partial charge in [0.25, 0.3) is 0 Å². The zero-order chi connectivity index (χ0) is 9.10. The topological polar surface area (TPSA) is 21.3 Å². The van der Waals surface area contributed by atoms with Gasteiger partial charge in [0, 0.05) is 12.6 Å². The van der Waals surface area contributed by atoms with Gasteiger partial charge in [-0.1, -0.05) is 30.3 Å². The van der Waals surface area contributed by atoms with E-state index in [0.717, 1.165) is 13.2 Å². The van der Waals surface area contributed by atoms with Crippen molar-refractivity contribution < 1.29 is 4.74 Å². The highest BCUT2D eigenvalue weighted by Gasteiger charge is 2.18. The minimum absolute atomic E-state index is 0. The fourth-order valence-corrected chi connectivity index (χ4v) is 1.57. The first kappa shape index (κ1) is 11.5. The van der Waals surface area contributed by atoms with E-state index in [0.29, 0.717) is 6.04 Å². The molecule has 1 fully saturated rings. The average molecular weight is 214 g/mol. The first-order valence-electron chi connectivity index (χ1n) is 4.76. The van der Waals surface area contributed by atoms with Gasteiger partial charge in [-0.2, -0.15) is 0 Å². The second-order valence-electron chi connectivity index (χ2n) is 3.54. The van der Waals surface area contributed by atoms with E-state index in [4.69, 9.17) is 4.74 Å². The van der Waals surface area contributed by atoms with Gasteiger partial charge in [-0.15, -0.1) is 12.4 Å². The Morgan fingerprint density at radius 3 is 2.57 bits per heavy atom. The fourth-order valence-electron chi connectivity index (χ4n) is 1.57. The van der Waals surface area contributed by atoms with E-state index >= 15 is 0 Å². The van der Waals surface area contributed by atoms with Gasteiger partial charge in [-0.3, -0.25) is 0 Å². The predicted octanol–water partition coefficient (Wildman–Crippen LogP) is 2.16. The maximum Gasteiger partial charge on any atom is 0.0950 e. The summed E-state index contributed by atoms with van der Waals surface area (Å²) in [4.78, 5) is 0.